The van der Waals surface area contributed by atoms with Crippen LogP contribution in [0.5, 0.6) is 5.75 Å². The molecule has 0 fully saturated rings. The Bertz CT molecular complexity index is 1010. The monoisotopic (exact) mass is 402 g/mol. The summed E-state index contributed by atoms with van der Waals surface area (Å²) in [5, 5.41) is 5.64. The lowest BCUT2D eigenvalue weighted by Crippen LogP contribution is -2.27. The molecular weight excluding hydrogens is 376 g/mol. The second-order valence-electron chi connectivity index (χ2n) is 8.01. The van der Waals surface area contributed by atoms with Gasteiger partial charge in [-0.15, -0.1) is 0 Å². The summed E-state index contributed by atoms with van der Waals surface area (Å²) in [4.78, 5) is 24.4. The van der Waals surface area contributed by atoms with E-state index in [0.29, 0.717) is 17.1 Å². The van der Waals surface area contributed by atoms with E-state index in [-0.39, 0.29) is 18.4 Å². The average Bonchev–Trinajstić information content (AvgIpc) is 2.73. The normalized spacial score (nSPS) is 10.9. The van der Waals surface area contributed by atoms with Crippen molar-refractivity contribution in [1.29, 1.82) is 0 Å². The molecule has 5 nitrogen and oxygen atoms in total. The van der Waals surface area contributed by atoms with Gasteiger partial charge in [0.25, 0.3) is 5.91 Å². The van der Waals surface area contributed by atoms with Crippen LogP contribution in [0.15, 0.2) is 78.9 Å². The van der Waals surface area contributed by atoms with E-state index in [2.05, 4.69) is 10.6 Å². The molecule has 0 bridgehead atoms. The summed E-state index contributed by atoms with van der Waals surface area (Å²) in [6.45, 7) is 5.43. The van der Waals surface area contributed by atoms with Gasteiger partial charge in [-0.05, 0) is 41.5 Å². The number of hydrogen-bond donors (Lipinski definition) is 2. The third-order valence-corrected chi connectivity index (χ3v) is 4.42. The van der Waals surface area contributed by atoms with Crippen LogP contribution in [0.3, 0.4) is 0 Å². The number of nitrogens with one attached hydrogen (secondary N) is 2. The highest BCUT2D eigenvalue weighted by Gasteiger charge is 2.21. The van der Waals surface area contributed by atoms with Crippen LogP contribution in [0.2, 0.25) is 0 Å². The van der Waals surface area contributed by atoms with Crippen molar-refractivity contribution in [2.45, 2.75) is 20.8 Å². The van der Waals surface area contributed by atoms with Crippen LogP contribution in [0.4, 0.5) is 11.4 Å². The fourth-order valence-electron chi connectivity index (χ4n) is 2.71. The first-order chi connectivity index (χ1) is 14.3. The van der Waals surface area contributed by atoms with Gasteiger partial charge in [-0.25, -0.2) is 0 Å². The van der Waals surface area contributed by atoms with Gasteiger partial charge in [-0.2, -0.15) is 0 Å². The van der Waals surface area contributed by atoms with E-state index in [0.717, 1.165) is 11.1 Å². The van der Waals surface area contributed by atoms with Crippen molar-refractivity contribution in [3.63, 3.8) is 0 Å². The zero-order chi connectivity index (χ0) is 21.6. The number of amides is 2. The lowest BCUT2D eigenvalue weighted by Gasteiger charge is -2.18. The van der Waals surface area contributed by atoms with E-state index in [9.17, 15) is 9.59 Å². The number of rotatable bonds is 6. The maximum atomic E-state index is 12.2. The van der Waals surface area contributed by atoms with Crippen LogP contribution in [-0.2, 0) is 9.59 Å². The lowest BCUT2D eigenvalue weighted by molar-refractivity contribution is -0.123. The van der Waals surface area contributed by atoms with Crippen molar-refractivity contribution in [2.24, 2.45) is 5.41 Å². The molecule has 0 atom stereocenters. The van der Waals surface area contributed by atoms with E-state index in [1.54, 1.807) is 24.3 Å². The molecule has 2 amide bonds. The first-order valence-electron chi connectivity index (χ1n) is 9.81. The lowest BCUT2D eigenvalue weighted by atomic mass is 9.95. The predicted octanol–water partition coefficient (Wildman–Crippen LogP) is 5.36. The number of ether oxygens (including phenoxy) is 1. The number of carbonyl (C=O) groups excluding carboxylic acids is 2. The summed E-state index contributed by atoms with van der Waals surface area (Å²) < 4.78 is 5.59. The van der Waals surface area contributed by atoms with E-state index < -0.39 is 5.41 Å². The SMILES string of the molecule is CC(C)(C)C(=O)Nc1cccc(NC(=O)COc2ccc(-c3ccccc3)cc2)c1. The molecule has 5 heteroatoms. The molecule has 2 N–H and O–H groups in total. The molecule has 0 radical (unpaired) electrons. The Labute approximate surface area is 177 Å². The predicted molar refractivity (Wildman–Crippen MR) is 121 cm³/mol. The highest BCUT2D eigenvalue weighted by atomic mass is 16.5. The second-order valence-corrected chi connectivity index (χ2v) is 8.01. The van der Waals surface area contributed by atoms with Gasteiger partial charge >= 0.3 is 0 Å². The third kappa shape index (κ3) is 5.95. The topological polar surface area (TPSA) is 67.4 Å². The standard InChI is InChI=1S/C25H26N2O3/c1-25(2,3)24(29)27-21-11-7-10-20(16-21)26-23(28)17-30-22-14-12-19(13-15-22)18-8-5-4-6-9-18/h4-16H,17H2,1-3H3,(H,26,28)(H,27,29). The fraction of sp³-hybridized carbons (Fsp3) is 0.200. The summed E-state index contributed by atoms with van der Waals surface area (Å²) in [7, 11) is 0. The maximum Gasteiger partial charge on any atom is 0.262 e. The molecule has 3 rings (SSSR count). The van der Waals surface area contributed by atoms with Crippen molar-refractivity contribution >= 4 is 23.2 Å². The fourth-order valence-corrected chi connectivity index (χ4v) is 2.71. The molecule has 0 aliphatic carbocycles. The minimum atomic E-state index is -0.497. The summed E-state index contributed by atoms with van der Waals surface area (Å²) >= 11 is 0. The number of anilines is 2. The Hall–Kier alpha value is -3.60. The quantitative estimate of drug-likeness (QED) is 0.584. The van der Waals surface area contributed by atoms with Crippen molar-refractivity contribution in [1.82, 2.24) is 0 Å². The van der Waals surface area contributed by atoms with Gasteiger partial charge in [0.05, 0.1) is 0 Å². The summed E-state index contributed by atoms with van der Waals surface area (Å²) in [5.41, 5.74) is 2.94. The van der Waals surface area contributed by atoms with E-state index in [4.69, 9.17) is 4.74 Å². The highest BCUT2D eigenvalue weighted by Crippen LogP contribution is 2.22. The summed E-state index contributed by atoms with van der Waals surface area (Å²) in [5.74, 6) is 0.255. The van der Waals surface area contributed by atoms with Crippen molar-refractivity contribution < 1.29 is 14.3 Å². The molecule has 0 heterocycles. The van der Waals surface area contributed by atoms with Crippen LogP contribution in [0, 0.1) is 5.41 Å². The molecule has 0 unspecified atom stereocenters. The van der Waals surface area contributed by atoms with Crippen molar-refractivity contribution in [3.8, 4) is 16.9 Å². The molecule has 30 heavy (non-hydrogen) atoms. The maximum absolute atomic E-state index is 12.2. The zero-order valence-corrected chi connectivity index (χ0v) is 17.4. The van der Waals surface area contributed by atoms with Crippen LogP contribution in [-0.4, -0.2) is 18.4 Å². The zero-order valence-electron chi connectivity index (χ0n) is 17.4. The molecule has 0 aromatic heterocycles. The van der Waals surface area contributed by atoms with E-state index in [1.807, 2.05) is 75.4 Å². The van der Waals surface area contributed by atoms with Crippen LogP contribution in [0.25, 0.3) is 11.1 Å². The van der Waals surface area contributed by atoms with Crippen LogP contribution < -0.4 is 15.4 Å². The second kappa shape index (κ2) is 9.27. The number of benzene rings is 3. The molecule has 0 spiro atoms. The minimum absolute atomic E-state index is 0.0896. The molecular formula is C25H26N2O3. The van der Waals surface area contributed by atoms with E-state index in [1.165, 1.54) is 0 Å². The van der Waals surface area contributed by atoms with Gasteiger partial charge in [-0.3, -0.25) is 9.59 Å². The molecule has 0 aliphatic heterocycles. The minimum Gasteiger partial charge on any atom is -0.484 e. The first-order valence-corrected chi connectivity index (χ1v) is 9.81. The van der Waals surface area contributed by atoms with Gasteiger partial charge in [0.15, 0.2) is 6.61 Å². The van der Waals surface area contributed by atoms with Gasteiger partial charge in [0.1, 0.15) is 5.75 Å². The average molecular weight is 402 g/mol. The number of hydrogen-bond acceptors (Lipinski definition) is 3. The Morgan fingerprint density at radius 2 is 1.37 bits per heavy atom. The van der Waals surface area contributed by atoms with Gasteiger partial charge in [-0.1, -0.05) is 69.3 Å². The van der Waals surface area contributed by atoms with Gasteiger partial charge in [0.2, 0.25) is 5.91 Å². The van der Waals surface area contributed by atoms with Gasteiger partial charge < -0.3 is 15.4 Å². The van der Waals surface area contributed by atoms with Crippen molar-refractivity contribution in [3.05, 3.63) is 78.9 Å². The van der Waals surface area contributed by atoms with Crippen LogP contribution >= 0.6 is 0 Å². The molecule has 0 saturated carbocycles. The first kappa shape index (κ1) is 21.1. The summed E-state index contributed by atoms with van der Waals surface area (Å²) in [6.07, 6.45) is 0. The summed E-state index contributed by atoms with van der Waals surface area (Å²) in [6, 6.07) is 24.7. The van der Waals surface area contributed by atoms with Gasteiger partial charge in [0, 0.05) is 16.8 Å². The number of carbonyl (C=O) groups is 2. The van der Waals surface area contributed by atoms with E-state index >= 15 is 0 Å². The Morgan fingerprint density at radius 3 is 2.00 bits per heavy atom. The molecule has 3 aromatic carbocycles. The molecule has 0 aliphatic rings. The van der Waals surface area contributed by atoms with Crippen molar-refractivity contribution in [2.75, 3.05) is 17.2 Å². The molecule has 154 valence electrons. The Morgan fingerprint density at radius 1 is 0.767 bits per heavy atom. The molecule has 0 saturated heterocycles. The molecule has 3 aromatic rings. The Kier molecular flexibility index (Phi) is 6.52. The smallest absolute Gasteiger partial charge is 0.262 e. The largest absolute Gasteiger partial charge is 0.484 e. The third-order valence-electron chi connectivity index (χ3n) is 4.42. The highest BCUT2D eigenvalue weighted by molar-refractivity contribution is 5.96. The van der Waals surface area contributed by atoms with Crippen LogP contribution in [0.1, 0.15) is 20.8 Å². The Balaban J connectivity index is 1.53.